The molecule has 0 fully saturated rings. The minimum absolute atomic E-state index is 0.294. The lowest BCUT2D eigenvalue weighted by Gasteiger charge is -2.08. The van der Waals surface area contributed by atoms with E-state index in [1.807, 2.05) is 17.8 Å². The highest BCUT2D eigenvalue weighted by atomic mass is 32.1. The molecule has 0 saturated heterocycles. The minimum atomic E-state index is 0.294. The van der Waals surface area contributed by atoms with Crippen LogP contribution in [0.4, 0.5) is 5.82 Å². The standard InChI is InChI=1S/C10H12N6S/c1-16-5-4-12-8(16)6-13-10-7(9(11)17)2-3-14-15-10/h2-5H,6H2,1H3,(H2,11,17)(H,13,15). The molecule has 2 aromatic heterocycles. The molecule has 0 aliphatic heterocycles. The Morgan fingerprint density at radius 2 is 2.35 bits per heavy atom. The third-order valence-corrected chi connectivity index (χ3v) is 2.54. The molecule has 0 aromatic carbocycles. The van der Waals surface area contributed by atoms with E-state index in [1.54, 1.807) is 18.5 Å². The molecule has 0 aliphatic carbocycles. The van der Waals surface area contributed by atoms with Gasteiger partial charge in [-0.2, -0.15) is 5.10 Å². The molecule has 0 spiro atoms. The smallest absolute Gasteiger partial charge is 0.159 e. The average Bonchev–Trinajstić information content (AvgIpc) is 2.72. The lowest BCUT2D eigenvalue weighted by molar-refractivity contribution is 0.808. The summed E-state index contributed by atoms with van der Waals surface area (Å²) < 4.78 is 1.92. The zero-order chi connectivity index (χ0) is 12.3. The molecule has 0 amide bonds. The molecule has 2 rings (SSSR count). The molecule has 0 aliphatic rings. The van der Waals surface area contributed by atoms with Gasteiger partial charge in [0.1, 0.15) is 10.8 Å². The van der Waals surface area contributed by atoms with Crippen LogP contribution in [0.5, 0.6) is 0 Å². The Morgan fingerprint density at radius 3 is 3.00 bits per heavy atom. The maximum atomic E-state index is 5.60. The van der Waals surface area contributed by atoms with Gasteiger partial charge in [-0.3, -0.25) is 0 Å². The molecule has 88 valence electrons. The van der Waals surface area contributed by atoms with E-state index in [9.17, 15) is 0 Å². The fourth-order valence-electron chi connectivity index (χ4n) is 1.39. The first kappa shape index (κ1) is 11.5. The van der Waals surface area contributed by atoms with Gasteiger partial charge in [0.15, 0.2) is 5.82 Å². The third-order valence-electron chi connectivity index (χ3n) is 2.32. The highest BCUT2D eigenvalue weighted by Crippen LogP contribution is 2.10. The summed E-state index contributed by atoms with van der Waals surface area (Å²) in [5.74, 6) is 1.47. The first-order chi connectivity index (χ1) is 8.18. The summed E-state index contributed by atoms with van der Waals surface area (Å²) in [5.41, 5.74) is 6.28. The highest BCUT2D eigenvalue weighted by Gasteiger charge is 2.07. The largest absolute Gasteiger partial charge is 0.389 e. The molecule has 3 N–H and O–H groups in total. The van der Waals surface area contributed by atoms with Crippen molar-refractivity contribution in [1.82, 2.24) is 19.7 Å². The van der Waals surface area contributed by atoms with Gasteiger partial charge in [-0.25, -0.2) is 4.98 Å². The number of rotatable bonds is 4. The Balaban J connectivity index is 2.14. The quantitative estimate of drug-likeness (QED) is 0.765. The highest BCUT2D eigenvalue weighted by molar-refractivity contribution is 7.80. The van der Waals surface area contributed by atoms with Crippen molar-refractivity contribution in [3.8, 4) is 0 Å². The van der Waals surface area contributed by atoms with Gasteiger partial charge in [0.2, 0.25) is 0 Å². The van der Waals surface area contributed by atoms with E-state index in [2.05, 4.69) is 20.5 Å². The second kappa shape index (κ2) is 4.88. The number of nitrogens with two attached hydrogens (primary N) is 1. The number of nitrogens with zero attached hydrogens (tertiary/aromatic N) is 4. The summed E-state index contributed by atoms with van der Waals surface area (Å²) >= 11 is 4.94. The fourth-order valence-corrected chi connectivity index (χ4v) is 1.56. The van der Waals surface area contributed by atoms with Crippen LogP contribution in [0.15, 0.2) is 24.7 Å². The lowest BCUT2D eigenvalue weighted by atomic mass is 10.3. The van der Waals surface area contributed by atoms with Crippen LogP contribution < -0.4 is 11.1 Å². The van der Waals surface area contributed by atoms with Crippen molar-refractivity contribution in [2.24, 2.45) is 12.8 Å². The van der Waals surface area contributed by atoms with Gasteiger partial charge in [-0.15, -0.1) is 5.10 Å². The minimum Gasteiger partial charge on any atom is -0.389 e. The van der Waals surface area contributed by atoms with Crippen LogP contribution in [-0.2, 0) is 13.6 Å². The van der Waals surface area contributed by atoms with E-state index in [1.165, 1.54) is 0 Å². The first-order valence-corrected chi connectivity index (χ1v) is 5.41. The van der Waals surface area contributed by atoms with Crippen LogP contribution in [0.25, 0.3) is 0 Å². The Kier molecular flexibility index (Phi) is 3.29. The van der Waals surface area contributed by atoms with E-state index >= 15 is 0 Å². The molecule has 7 heteroatoms. The predicted molar refractivity (Wildman–Crippen MR) is 68.5 cm³/mol. The zero-order valence-electron chi connectivity index (χ0n) is 9.29. The molecule has 0 atom stereocenters. The normalized spacial score (nSPS) is 10.2. The summed E-state index contributed by atoms with van der Waals surface area (Å²) in [6.45, 7) is 0.539. The first-order valence-electron chi connectivity index (χ1n) is 5.00. The van der Waals surface area contributed by atoms with Gasteiger partial charge < -0.3 is 15.6 Å². The molecule has 0 bridgehead atoms. The molecular formula is C10H12N6S. The number of aryl methyl sites for hydroxylation is 1. The maximum Gasteiger partial charge on any atom is 0.159 e. The van der Waals surface area contributed by atoms with Gasteiger partial charge in [0.05, 0.1) is 18.3 Å². The van der Waals surface area contributed by atoms with Gasteiger partial charge in [0.25, 0.3) is 0 Å². The fraction of sp³-hybridized carbons (Fsp3) is 0.200. The van der Waals surface area contributed by atoms with E-state index in [4.69, 9.17) is 18.0 Å². The van der Waals surface area contributed by atoms with Crippen LogP contribution in [0.3, 0.4) is 0 Å². The molecule has 0 radical (unpaired) electrons. The van der Waals surface area contributed by atoms with Crippen LogP contribution in [0.1, 0.15) is 11.4 Å². The summed E-state index contributed by atoms with van der Waals surface area (Å²) in [6, 6.07) is 1.73. The number of thiocarbonyl (C=S) groups is 1. The second-order valence-corrected chi connectivity index (χ2v) is 3.91. The van der Waals surface area contributed by atoms with Crippen molar-refractivity contribution in [2.45, 2.75) is 6.54 Å². The number of imidazole rings is 1. The average molecular weight is 248 g/mol. The Labute approximate surface area is 104 Å². The third kappa shape index (κ3) is 2.56. The zero-order valence-corrected chi connectivity index (χ0v) is 10.1. The van der Waals surface area contributed by atoms with Crippen LogP contribution in [0, 0.1) is 0 Å². The molecule has 0 unspecified atom stereocenters. The Bertz CT molecular complexity index is 535. The van der Waals surface area contributed by atoms with E-state index in [0.717, 1.165) is 5.82 Å². The molecule has 6 nitrogen and oxygen atoms in total. The predicted octanol–water partition coefficient (Wildman–Crippen LogP) is 0.456. The van der Waals surface area contributed by atoms with Crippen molar-refractivity contribution in [1.29, 1.82) is 0 Å². The van der Waals surface area contributed by atoms with Crippen molar-refractivity contribution in [2.75, 3.05) is 5.32 Å². The maximum absolute atomic E-state index is 5.60. The SMILES string of the molecule is Cn1ccnc1CNc1nnccc1C(N)=S. The summed E-state index contributed by atoms with van der Waals surface area (Å²) in [7, 11) is 1.93. The second-order valence-electron chi connectivity index (χ2n) is 3.47. The molecule has 2 heterocycles. The number of anilines is 1. The Morgan fingerprint density at radius 1 is 1.53 bits per heavy atom. The topological polar surface area (TPSA) is 81.7 Å². The number of hydrogen-bond donors (Lipinski definition) is 2. The Hall–Kier alpha value is -2.02. The molecule has 17 heavy (non-hydrogen) atoms. The van der Waals surface area contributed by atoms with Gasteiger partial charge in [0, 0.05) is 19.4 Å². The van der Waals surface area contributed by atoms with E-state index in [-0.39, 0.29) is 0 Å². The van der Waals surface area contributed by atoms with Crippen LogP contribution in [0.2, 0.25) is 0 Å². The lowest BCUT2D eigenvalue weighted by Crippen LogP contribution is -2.15. The van der Waals surface area contributed by atoms with Gasteiger partial charge in [-0.05, 0) is 6.07 Å². The number of aromatic nitrogens is 4. The molecule has 2 aromatic rings. The van der Waals surface area contributed by atoms with Crippen molar-refractivity contribution in [3.63, 3.8) is 0 Å². The van der Waals surface area contributed by atoms with Gasteiger partial charge in [-0.1, -0.05) is 12.2 Å². The molecular weight excluding hydrogens is 236 g/mol. The van der Waals surface area contributed by atoms with Crippen molar-refractivity contribution >= 4 is 23.0 Å². The number of nitrogens with one attached hydrogen (secondary N) is 1. The number of hydrogen-bond acceptors (Lipinski definition) is 5. The van der Waals surface area contributed by atoms with Gasteiger partial charge >= 0.3 is 0 Å². The van der Waals surface area contributed by atoms with Crippen LogP contribution >= 0.6 is 12.2 Å². The summed E-state index contributed by atoms with van der Waals surface area (Å²) in [4.78, 5) is 4.49. The monoisotopic (exact) mass is 248 g/mol. The van der Waals surface area contributed by atoms with E-state index in [0.29, 0.717) is 22.9 Å². The molecule has 0 saturated carbocycles. The summed E-state index contributed by atoms with van der Waals surface area (Å²) in [6.07, 6.45) is 5.17. The summed E-state index contributed by atoms with van der Waals surface area (Å²) in [5, 5.41) is 10.9. The van der Waals surface area contributed by atoms with Crippen molar-refractivity contribution in [3.05, 3.63) is 36.0 Å². The van der Waals surface area contributed by atoms with Crippen molar-refractivity contribution < 1.29 is 0 Å². The van der Waals surface area contributed by atoms with E-state index < -0.39 is 0 Å². The van der Waals surface area contributed by atoms with Crippen LogP contribution in [-0.4, -0.2) is 24.7 Å².